The molecule has 0 aliphatic carbocycles. The first-order chi connectivity index (χ1) is 9.60. The quantitative estimate of drug-likeness (QED) is 0.857. The van der Waals surface area contributed by atoms with Gasteiger partial charge in [0.2, 0.25) is 0 Å². The minimum atomic E-state index is -0.871. The fourth-order valence-electron chi connectivity index (χ4n) is 1.85. The summed E-state index contributed by atoms with van der Waals surface area (Å²) in [5, 5.41) is 12.3. The van der Waals surface area contributed by atoms with Crippen LogP contribution in [0, 0.1) is 0 Å². The normalized spacial score (nSPS) is 12.1. The van der Waals surface area contributed by atoms with Gasteiger partial charge in [0.1, 0.15) is 10.6 Å². The van der Waals surface area contributed by atoms with Gasteiger partial charge in [-0.25, -0.2) is 4.79 Å². The predicted molar refractivity (Wildman–Crippen MR) is 79.5 cm³/mol. The minimum absolute atomic E-state index is 0.191. The summed E-state index contributed by atoms with van der Waals surface area (Å²) < 4.78 is 5.13. The van der Waals surface area contributed by atoms with Crippen molar-refractivity contribution in [3.8, 4) is 5.75 Å². The highest BCUT2D eigenvalue weighted by Crippen LogP contribution is 2.20. The second kappa shape index (κ2) is 6.54. The molecule has 0 aliphatic heterocycles. The summed E-state index contributed by atoms with van der Waals surface area (Å²) in [6.45, 7) is 2.73. The van der Waals surface area contributed by atoms with E-state index in [-0.39, 0.29) is 6.04 Å². The van der Waals surface area contributed by atoms with Crippen LogP contribution in [0.2, 0.25) is 0 Å². The molecule has 106 valence electrons. The number of nitrogens with one attached hydrogen (secondary N) is 1. The molecule has 0 saturated carbocycles. The number of carboxylic acid groups (broad SMARTS) is 1. The van der Waals surface area contributed by atoms with Crippen molar-refractivity contribution in [3.63, 3.8) is 0 Å². The third-order valence-corrected chi connectivity index (χ3v) is 4.14. The zero-order valence-electron chi connectivity index (χ0n) is 11.4. The van der Waals surface area contributed by atoms with Crippen LogP contribution in [0.25, 0.3) is 0 Å². The van der Waals surface area contributed by atoms with E-state index in [1.807, 2.05) is 30.3 Å². The zero-order valence-corrected chi connectivity index (χ0v) is 12.2. The number of carboxylic acids is 1. The SMILES string of the molecule is COc1ccc([C@H](C)NCc2ccc(C(=O)O)s2)cc1. The molecule has 2 rings (SSSR count). The molecule has 0 amide bonds. The predicted octanol–water partition coefficient (Wildman–Crippen LogP) is 3.31. The van der Waals surface area contributed by atoms with Crippen LogP contribution < -0.4 is 10.1 Å². The van der Waals surface area contributed by atoms with Crippen LogP contribution >= 0.6 is 11.3 Å². The smallest absolute Gasteiger partial charge is 0.345 e. The molecule has 1 aromatic carbocycles. The number of hydrogen-bond donors (Lipinski definition) is 2. The molecule has 1 heterocycles. The van der Waals surface area contributed by atoms with Gasteiger partial charge >= 0.3 is 5.97 Å². The lowest BCUT2D eigenvalue weighted by atomic mass is 10.1. The fraction of sp³-hybridized carbons (Fsp3) is 0.267. The van der Waals surface area contributed by atoms with Crippen LogP contribution in [0.3, 0.4) is 0 Å². The van der Waals surface area contributed by atoms with Crippen molar-refractivity contribution in [3.05, 3.63) is 51.7 Å². The first-order valence-corrected chi connectivity index (χ1v) is 7.11. The van der Waals surface area contributed by atoms with Gasteiger partial charge < -0.3 is 15.2 Å². The summed E-state index contributed by atoms with van der Waals surface area (Å²) in [5.41, 5.74) is 1.17. The Morgan fingerprint density at radius 2 is 2.00 bits per heavy atom. The molecule has 0 aliphatic rings. The summed E-state index contributed by atoms with van der Waals surface area (Å²) >= 11 is 1.30. The Balaban J connectivity index is 1.93. The topological polar surface area (TPSA) is 58.6 Å². The number of benzene rings is 1. The standard InChI is InChI=1S/C15H17NO3S/c1-10(11-3-5-12(19-2)6-4-11)16-9-13-7-8-14(20-13)15(17)18/h3-8,10,16H,9H2,1-2H3,(H,17,18)/t10-/m0/s1. The monoisotopic (exact) mass is 291 g/mol. The summed E-state index contributed by atoms with van der Waals surface area (Å²) in [7, 11) is 1.65. The number of aromatic carboxylic acids is 1. The number of hydrogen-bond acceptors (Lipinski definition) is 4. The second-order valence-corrected chi connectivity index (χ2v) is 5.62. The molecule has 0 bridgehead atoms. The summed E-state index contributed by atoms with van der Waals surface area (Å²) in [6, 6.07) is 11.6. The van der Waals surface area contributed by atoms with Gasteiger partial charge in [0, 0.05) is 17.5 Å². The Morgan fingerprint density at radius 3 is 2.55 bits per heavy atom. The van der Waals surface area contributed by atoms with Gasteiger partial charge in [-0.2, -0.15) is 0 Å². The molecule has 2 aromatic rings. The summed E-state index contributed by atoms with van der Waals surface area (Å²) in [6.07, 6.45) is 0. The van der Waals surface area contributed by atoms with Crippen LogP contribution in [-0.4, -0.2) is 18.2 Å². The number of thiophene rings is 1. The third-order valence-electron chi connectivity index (χ3n) is 3.07. The van der Waals surface area contributed by atoms with E-state index in [2.05, 4.69) is 12.2 Å². The molecule has 5 heteroatoms. The van der Waals surface area contributed by atoms with Crippen molar-refractivity contribution < 1.29 is 14.6 Å². The summed E-state index contributed by atoms with van der Waals surface area (Å²) in [4.78, 5) is 12.2. The van der Waals surface area contributed by atoms with Gasteiger partial charge in [0.25, 0.3) is 0 Å². The lowest BCUT2D eigenvalue weighted by Gasteiger charge is -2.14. The van der Waals surface area contributed by atoms with E-state index in [9.17, 15) is 4.79 Å². The Kier molecular flexibility index (Phi) is 4.76. The Bertz CT molecular complexity index is 577. The lowest BCUT2D eigenvalue weighted by Crippen LogP contribution is -2.17. The van der Waals surface area contributed by atoms with E-state index < -0.39 is 5.97 Å². The van der Waals surface area contributed by atoms with Crippen LogP contribution in [0.1, 0.15) is 33.1 Å². The van der Waals surface area contributed by atoms with Gasteiger partial charge in [0.05, 0.1) is 7.11 Å². The molecule has 20 heavy (non-hydrogen) atoms. The molecular weight excluding hydrogens is 274 g/mol. The Labute approximate surface area is 122 Å². The molecule has 1 atom stereocenters. The van der Waals surface area contributed by atoms with E-state index in [4.69, 9.17) is 9.84 Å². The highest BCUT2D eigenvalue weighted by atomic mass is 32.1. The zero-order chi connectivity index (χ0) is 14.5. The van der Waals surface area contributed by atoms with Crippen molar-refractivity contribution in [1.82, 2.24) is 5.32 Å². The van der Waals surface area contributed by atoms with E-state index in [1.165, 1.54) is 16.9 Å². The number of carbonyl (C=O) groups is 1. The third kappa shape index (κ3) is 3.59. The van der Waals surface area contributed by atoms with Crippen molar-refractivity contribution in [2.24, 2.45) is 0 Å². The van der Waals surface area contributed by atoms with E-state index in [0.717, 1.165) is 10.6 Å². The lowest BCUT2D eigenvalue weighted by molar-refractivity contribution is 0.0702. The average Bonchev–Trinajstić information content (AvgIpc) is 2.94. The molecular formula is C15H17NO3S. The maximum absolute atomic E-state index is 10.8. The fourth-order valence-corrected chi connectivity index (χ4v) is 2.65. The van der Waals surface area contributed by atoms with Gasteiger partial charge in [-0.1, -0.05) is 12.1 Å². The Hall–Kier alpha value is -1.85. The molecule has 0 radical (unpaired) electrons. The van der Waals surface area contributed by atoms with Crippen LogP contribution in [0.5, 0.6) is 5.75 Å². The highest BCUT2D eigenvalue weighted by molar-refractivity contribution is 7.13. The molecule has 1 aromatic heterocycles. The Morgan fingerprint density at radius 1 is 1.30 bits per heavy atom. The van der Waals surface area contributed by atoms with Crippen molar-refractivity contribution in [2.45, 2.75) is 19.5 Å². The number of methoxy groups -OCH3 is 1. The van der Waals surface area contributed by atoms with Crippen molar-refractivity contribution >= 4 is 17.3 Å². The minimum Gasteiger partial charge on any atom is -0.497 e. The molecule has 0 fully saturated rings. The highest BCUT2D eigenvalue weighted by Gasteiger charge is 2.09. The van der Waals surface area contributed by atoms with Crippen molar-refractivity contribution in [1.29, 1.82) is 0 Å². The van der Waals surface area contributed by atoms with Gasteiger partial charge in [-0.3, -0.25) is 0 Å². The largest absolute Gasteiger partial charge is 0.497 e. The van der Waals surface area contributed by atoms with Crippen molar-refractivity contribution in [2.75, 3.05) is 7.11 Å². The maximum Gasteiger partial charge on any atom is 0.345 e. The molecule has 2 N–H and O–H groups in total. The van der Waals surface area contributed by atoms with Crippen LogP contribution in [0.15, 0.2) is 36.4 Å². The van der Waals surface area contributed by atoms with Gasteiger partial charge in [-0.15, -0.1) is 11.3 Å². The molecule has 0 saturated heterocycles. The van der Waals surface area contributed by atoms with Crippen LogP contribution in [-0.2, 0) is 6.54 Å². The van der Waals surface area contributed by atoms with E-state index >= 15 is 0 Å². The van der Waals surface area contributed by atoms with E-state index in [0.29, 0.717) is 11.4 Å². The first kappa shape index (κ1) is 14.6. The molecule has 0 spiro atoms. The first-order valence-electron chi connectivity index (χ1n) is 6.29. The average molecular weight is 291 g/mol. The molecule has 0 unspecified atom stereocenters. The maximum atomic E-state index is 10.8. The molecule has 4 nitrogen and oxygen atoms in total. The number of ether oxygens (including phenoxy) is 1. The van der Waals surface area contributed by atoms with E-state index in [1.54, 1.807) is 13.2 Å². The number of rotatable bonds is 6. The van der Waals surface area contributed by atoms with Gasteiger partial charge in [0.15, 0.2) is 0 Å². The second-order valence-electron chi connectivity index (χ2n) is 4.45. The van der Waals surface area contributed by atoms with Gasteiger partial charge in [-0.05, 0) is 36.8 Å². The van der Waals surface area contributed by atoms with Crippen LogP contribution in [0.4, 0.5) is 0 Å². The summed E-state index contributed by atoms with van der Waals surface area (Å²) in [5.74, 6) is -0.0326.